The average Bonchev–Trinajstić information content (AvgIpc) is 2.86. The van der Waals surface area contributed by atoms with Gasteiger partial charge < -0.3 is 29.7 Å². The third kappa shape index (κ3) is 11.7. The average molecular weight is 684 g/mol. The molecule has 10 heteroatoms. The van der Waals surface area contributed by atoms with Crippen LogP contribution in [0.5, 0.6) is 0 Å². The second-order valence-corrected chi connectivity index (χ2v) is 14.1. The SMILES string of the molecule is CC(S)(C(=O)[O-])C1CCCCC1.CC(S)(C(=O)[O-])C1CCCCC1.CC(S)(C(=O)[O-])C1CCCCC1.[Sb+3]. The molecule has 6 nitrogen and oxygen atoms in total. The molecule has 0 N–H and O–H groups in total. The van der Waals surface area contributed by atoms with Gasteiger partial charge in [-0.15, -0.1) is 0 Å². The maximum atomic E-state index is 10.7. The van der Waals surface area contributed by atoms with Crippen LogP contribution in [0.2, 0.25) is 0 Å². The minimum Gasteiger partial charge on any atom is -0.549 e. The number of carboxylic acid groups (broad SMARTS) is 3. The van der Waals surface area contributed by atoms with Crippen molar-refractivity contribution in [2.75, 3.05) is 0 Å². The second-order valence-electron chi connectivity index (χ2n) is 11.3. The summed E-state index contributed by atoms with van der Waals surface area (Å²) in [6.45, 7) is 4.96. The zero-order chi connectivity index (χ0) is 27.6. The van der Waals surface area contributed by atoms with Crippen LogP contribution >= 0.6 is 37.9 Å². The maximum Gasteiger partial charge on any atom is 3.00 e. The molecule has 0 aliphatic heterocycles. The summed E-state index contributed by atoms with van der Waals surface area (Å²) in [5.41, 5.74) is 0. The van der Waals surface area contributed by atoms with E-state index in [0.717, 1.165) is 77.0 Å². The van der Waals surface area contributed by atoms with Gasteiger partial charge in [0.2, 0.25) is 0 Å². The van der Waals surface area contributed by atoms with Gasteiger partial charge in [-0.25, -0.2) is 0 Å². The van der Waals surface area contributed by atoms with Crippen molar-refractivity contribution < 1.29 is 29.7 Å². The standard InChI is InChI=1S/3C9H16O2S.Sb/c3*1-9(12,8(10)11)7-5-3-2-4-6-7;/h3*7,12H,2-6H2,1H3,(H,10,11);/q;;;+3/p-3. The predicted molar refractivity (Wildman–Crippen MR) is 153 cm³/mol. The second kappa shape index (κ2) is 17.2. The number of carboxylic acids is 3. The molecular weight excluding hydrogens is 638 g/mol. The number of carbonyl (C=O) groups is 3. The molecule has 0 aromatic rings. The molecule has 3 atom stereocenters. The molecule has 0 bridgehead atoms. The van der Waals surface area contributed by atoms with Crippen LogP contribution in [0.15, 0.2) is 0 Å². The van der Waals surface area contributed by atoms with E-state index in [1.807, 2.05) is 0 Å². The minimum atomic E-state index is -1.03. The van der Waals surface area contributed by atoms with Gasteiger partial charge in [-0.05, 0) is 77.0 Å². The zero-order valence-electron chi connectivity index (χ0n) is 22.6. The number of rotatable bonds is 6. The van der Waals surface area contributed by atoms with Crippen LogP contribution < -0.4 is 15.3 Å². The molecule has 3 rings (SSSR count). The van der Waals surface area contributed by atoms with Gasteiger partial charge in [0, 0.05) is 0 Å². The van der Waals surface area contributed by atoms with E-state index >= 15 is 0 Å². The van der Waals surface area contributed by atoms with E-state index in [0.29, 0.717) is 0 Å². The van der Waals surface area contributed by atoms with Crippen LogP contribution in [0.3, 0.4) is 0 Å². The molecule has 0 aromatic heterocycles. The number of hydrogen-bond acceptors (Lipinski definition) is 9. The first-order valence-electron chi connectivity index (χ1n) is 13.5. The van der Waals surface area contributed by atoms with Gasteiger partial charge in [0.15, 0.2) is 0 Å². The zero-order valence-corrected chi connectivity index (χ0v) is 27.8. The monoisotopic (exact) mass is 682 g/mol. The Morgan fingerprint density at radius 1 is 0.486 bits per heavy atom. The predicted octanol–water partition coefficient (Wildman–Crippen LogP) is 2.63. The Hall–Kier alpha value is 0.278. The first-order valence-corrected chi connectivity index (χ1v) is 14.8. The Bertz CT molecular complexity index is 616. The van der Waals surface area contributed by atoms with Gasteiger partial charge in [-0.2, -0.15) is 37.9 Å². The van der Waals surface area contributed by atoms with Crippen LogP contribution in [0.4, 0.5) is 0 Å². The molecule has 0 spiro atoms. The van der Waals surface area contributed by atoms with Crippen molar-refractivity contribution in [3.05, 3.63) is 0 Å². The summed E-state index contributed by atoms with van der Waals surface area (Å²) < 4.78 is -2.79. The number of thiol groups is 3. The number of carbonyl (C=O) groups excluding carboxylic acids is 3. The Kier molecular flexibility index (Phi) is 17.3. The first kappa shape index (κ1) is 37.3. The molecule has 0 aromatic carbocycles. The molecule has 3 aliphatic rings. The van der Waals surface area contributed by atoms with Gasteiger partial charge in [-0.3, -0.25) is 0 Å². The van der Waals surface area contributed by atoms with E-state index in [1.165, 1.54) is 19.3 Å². The van der Waals surface area contributed by atoms with E-state index < -0.39 is 32.1 Å². The maximum absolute atomic E-state index is 10.7. The molecule has 37 heavy (non-hydrogen) atoms. The Morgan fingerprint density at radius 2 is 0.649 bits per heavy atom. The topological polar surface area (TPSA) is 120 Å². The van der Waals surface area contributed by atoms with E-state index in [1.54, 1.807) is 20.8 Å². The van der Waals surface area contributed by atoms with Gasteiger partial charge in [0.1, 0.15) is 0 Å². The van der Waals surface area contributed by atoms with Crippen molar-refractivity contribution in [3.8, 4) is 0 Å². The Morgan fingerprint density at radius 3 is 0.784 bits per heavy atom. The molecule has 3 saturated carbocycles. The molecular formula is C27H45O6S3Sb. The molecule has 3 unspecified atom stereocenters. The van der Waals surface area contributed by atoms with Crippen LogP contribution in [0.25, 0.3) is 0 Å². The third-order valence-corrected chi connectivity index (χ3v) is 10.1. The third-order valence-electron chi connectivity index (χ3n) is 8.44. The smallest absolute Gasteiger partial charge is 0.549 e. The number of aliphatic carboxylic acids is 3. The van der Waals surface area contributed by atoms with Gasteiger partial charge in [0.05, 0.1) is 32.1 Å². The fourth-order valence-electron chi connectivity index (χ4n) is 5.49. The first-order chi connectivity index (χ1) is 16.6. The van der Waals surface area contributed by atoms with E-state index in [4.69, 9.17) is 0 Å². The molecule has 3 aliphatic carbocycles. The summed E-state index contributed by atoms with van der Waals surface area (Å²) in [7, 11) is 0. The molecule has 0 saturated heterocycles. The van der Waals surface area contributed by atoms with Crippen molar-refractivity contribution in [3.63, 3.8) is 0 Å². The van der Waals surface area contributed by atoms with Crippen molar-refractivity contribution in [1.82, 2.24) is 0 Å². The summed E-state index contributed by atoms with van der Waals surface area (Å²) in [5, 5.41) is 32.2. The Balaban J connectivity index is 0.000000518. The van der Waals surface area contributed by atoms with E-state index in [9.17, 15) is 29.7 Å². The number of hydrogen-bond donors (Lipinski definition) is 3. The fraction of sp³-hybridized carbons (Fsp3) is 0.889. The van der Waals surface area contributed by atoms with Gasteiger partial charge in [-0.1, -0.05) is 57.8 Å². The summed E-state index contributed by atoms with van der Waals surface area (Å²) in [6, 6.07) is 0. The normalized spacial score (nSPS) is 24.2. The van der Waals surface area contributed by atoms with Gasteiger partial charge >= 0.3 is 24.4 Å². The van der Waals surface area contributed by atoms with Crippen molar-refractivity contribution >= 4 is 80.2 Å². The summed E-state index contributed by atoms with van der Waals surface area (Å²) >= 11 is 12.5. The molecule has 2 radical (unpaired) electrons. The van der Waals surface area contributed by atoms with Crippen LogP contribution in [-0.2, 0) is 14.4 Å². The molecule has 0 amide bonds. The van der Waals surface area contributed by atoms with Crippen molar-refractivity contribution in [1.29, 1.82) is 0 Å². The van der Waals surface area contributed by atoms with Crippen molar-refractivity contribution in [2.24, 2.45) is 17.8 Å². The van der Waals surface area contributed by atoms with Crippen LogP contribution in [0.1, 0.15) is 117 Å². The Labute approximate surface area is 257 Å². The van der Waals surface area contributed by atoms with E-state index in [2.05, 4.69) is 37.9 Å². The van der Waals surface area contributed by atoms with Crippen molar-refractivity contribution in [2.45, 2.75) is 131 Å². The minimum absolute atomic E-state index is 0. The van der Waals surface area contributed by atoms with Gasteiger partial charge in [0.25, 0.3) is 0 Å². The summed E-state index contributed by atoms with van der Waals surface area (Å²) in [6.07, 6.45) is 16.4. The van der Waals surface area contributed by atoms with Crippen LogP contribution in [-0.4, -0.2) is 56.6 Å². The summed E-state index contributed by atoms with van der Waals surface area (Å²) in [5.74, 6) is -2.51. The fourth-order valence-corrected chi connectivity index (χ4v) is 6.27. The quantitative estimate of drug-likeness (QED) is 0.293. The molecule has 3 fully saturated rings. The largest absolute Gasteiger partial charge is 3.00 e. The summed E-state index contributed by atoms with van der Waals surface area (Å²) in [4.78, 5) is 32.2. The van der Waals surface area contributed by atoms with E-state index in [-0.39, 0.29) is 42.2 Å². The molecule has 212 valence electrons. The molecule has 0 heterocycles. The van der Waals surface area contributed by atoms with Crippen LogP contribution in [0, 0.1) is 17.8 Å².